The number of amides is 1. The van der Waals surface area contributed by atoms with E-state index in [9.17, 15) is 9.90 Å². The van der Waals surface area contributed by atoms with Crippen molar-refractivity contribution in [3.8, 4) is 5.75 Å². The highest BCUT2D eigenvalue weighted by molar-refractivity contribution is 14.1. The number of hydrogen-bond donors (Lipinski definition) is 1. The summed E-state index contributed by atoms with van der Waals surface area (Å²) in [5, 5.41) is 9.63. The first kappa shape index (κ1) is 17.3. The average Bonchev–Trinajstić information content (AvgIpc) is 2.39. The van der Waals surface area contributed by atoms with Gasteiger partial charge in [0.15, 0.2) is 11.5 Å². The Balaban J connectivity index is 2.45. The van der Waals surface area contributed by atoms with Gasteiger partial charge in [-0.15, -0.1) is 0 Å². The van der Waals surface area contributed by atoms with E-state index in [1.54, 1.807) is 12.3 Å². The summed E-state index contributed by atoms with van der Waals surface area (Å²) >= 11 is 2.11. The number of nitrogens with zero attached hydrogens (tertiary/aromatic N) is 2. The lowest BCUT2D eigenvalue weighted by molar-refractivity contribution is -0.149. The summed E-state index contributed by atoms with van der Waals surface area (Å²) in [5.74, 6) is 0.730. The molecule has 1 fully saturated rings. The molecule has 0 spiro atoms. The van der Waals surface area contributed by atoms with E-state index in [-0.39, 0.29) is 11.3 Å². The summed E-state index contributed by atoms with van der Waals surface area (Å²) in [5.41, 5.74) is -0.957. The smallest absolute Gasteiger partial charge is 0.410 e. The number of ether oxygens (including phenoxy) is 1. The molecule has 0 aliphatic carbocycles. The molecule has 1 aromatic heterocycles. The second kappa shape index (κ2) is 6.22. The number of pyridine rings is 1. The van der Waals surface area contributed by atoms with Crippen LogP contribution in [0.2, 0.25) is 0 Å². The summed E-state index contributed by atoms with van der Waals surface area (Å²) in [6.45, 7) is 8.80. The highest BCUT2D eigenvalue weighted by atomic mass is 127. The van der Waals surface area contributed by atoms with Gasteiger partial charge >= 0.3 is 6.09 Å². The Morgan fingerprint density at radius 1 is 1.55 bits per heavy atom. The van der Waals surface area contributed by atoms with Crippen molar-refractivity contribution in [1.82, 2.24) is 9.88 Å². The van der Waals surface area contributed by atoms with Crippen LogP contribution in [0.5, 0.6) is 5.75 Å². The highest BCUT2D eigenvalue weighted by Crippen LogP contribution is 2.45. The zero-order valence-electron chi connectivity index (χ0n) is 13.5. The fraction of sp³-hybridized carbons (Fsp3) is 0.625. The number of hydrogen-bond acceptors (Lipinski definition) is 3. The lowest BCUT2D eigenvalue weighted by atomic mass is 9.70. The molecule has 2 heterocycles. The van der Waals surface area contributed by atoms with E-state index in [0.717, 1.165) is 16.5 Å². The molecule has 1 saturated heterocycles. The van der Waals surface area contributed by atoms with Crippen LogP contribution in [0.25, 0.3) is 0 Å². The first-order chi connectivity index (χ1) is 10.2. The van der Waals surface area contributed by atoms with Crippen LogP contribution in [0, 0.1) is 15.0 Å². The molecule has 1 amide bonds. The first-order valence-corrected chi connectivity index (χ1v) is 8.54. The lowest BCUT2D eigenvalue weighted by Gasteiger charge is -2.52. The molecule has 0 saturated carbocycles. The van der Waals surface area contributed by atoms with Crippen molar-refractivity contribution in [2.45, 2.75) is 46.3 Å². The Bertz CT molecular complexity index is 559. The lowest BCUT2D eigenvalue weighted by Crippen LogP contribution is -2.63. The summed E-state index contributed by atoms with van der Waals surface area (Å²) in [6, 6.07) is 3.65. The van der Waals surface area contributed by atoms with Crippen molar-refractivity contribution in [2.24, 2.45) is 11.3 Å². The minimum atomic E-state index is -0.935. The Kier molecular flexibility index (Phi) is 4.89. The molecule has 0 bridgehead atoms. The molecule has 122 valence electrons. The van der Waals surface area contributed by atoms with Gasteiger partial charge in [-0.1, -0.05) is 20.8 Å². The maximum Gasteiger partial charge on any atom is 0.410 e. The first-order valence-electron chi connectivity index (χ1n) is 7.46. The summed E-state index contributed by atoms with van der Waals surface area (Å²) in [6.07, 6.45) is 2.57. The number of rotatable bonds is 2. The molecule has 1 aromatic rings. The maximum atomic E-state index is 11.7. The highest BCUT2D eigenvalue weighted by Gasteiger charge is 2.51. The molecular formula is C16H23IN2O3. The average molecular weight is 418 g/mol. The Morgan fingerprint density at radius 3 is 2.77 bits per heavy atom. The molecule has 2 rings (SSSR count). The molecular weight excluding hydrogens is 395 g/mol. The van der Waals surface area contributed by atoms with Crippen molar-refractivity contribution < 1.29 is 14.6 Å². The molecule has 2 atom stereocenters. The molecule has 22 heavy (non-hydrogen) atoms. The van der Waals surface area contributed by atoms with Gasteiger partial charge < -0.3 is 9.84 Å². The molecule has 0 radical (unpaired) electrons. The minimum Gasteiger partial charge on any atom is -0.465 e. The van der Waals surface area contributed by atoms with E-state index in [1.807, 2.05) is 13.0 Å². The predicted octanol–water partition coefficient (Wildman–Crippen LogP) is 4.22. The van der Waals surface area contributed by atoms with E-state index >= 15 is 0 Å². The van der Waals surface area contributed by atoms with Crippen LogP contribution in [0.1, 0.15) is 40.5 Å². The monoisotopic (exact) mass is 418 g/mol. The van der Waals surface area contributed by atoms with Crippen molar-refractivity contribution in [2.75, 3.05) is 6.54 Å². The van der Waals surface area contributed by atoms with E-state index in [1.165, 1.54) is 4.90 Å². The van der Waals surface area contributed by atoms with Crippen LogP contribution in [-0.2, 0) is 0 Å². The zero-order valence-corrected chi connectivity index (χ0v) is 15.6. The molecule has 1 N–H and O–H groups in total. The van der Waals surface area contributed by atoms with E-state index in [0.29, 0.717) is 12.3 Å². The third-order valence-corrected chi connectivity index (χ3v) is 5.18. The standard InChI is InChI=1S/C16H23IN2O3/c1-15(2,3)12-8-6-10-19(14(20)21)16(12,4)22-11-7-5-9-18-13(11)17/h5,7,9,12H,6,8,10H2,1-4H3,(H,20,21). The van der Waals surface area contributed by atoms with Gasteiger partial charge in [-0.3, -0.25) is 4.90 Å². The van der Waals surface area contributed by atoms with Crippen LogP contribution >= 0.6 is 22.6 Å². The number of carbonyl (C=O) groups is 1. The van der Waals surface area contributed by atoms with E-state index < -0.39 is 11.8 Å². The zero-order chi connectivity index (χ0) is 16.5. The SMILES string of the molecule is CC(C)(C)C1CCCN(C(=O)O)C1(C)Oc1cccnc1I. The fourth-order valence-corrected chi connectivity index (χ4v) is 3.90. The van der Waals surface area contributed by atoms with Gasteiger partial charge in [-0.05, 0) is 59.9 Å². The van der Waals surface area contributed by atoms with E-state index in [4.69, 9.17) is 4.74 Å². The van der Waals surface area contributed by atoms with Crippen LogP contribution in [0.15, 0.2) is 18.3 Å². The topological polar surface area (TPSA) is 62.7 Å². The molecule has 5 nitrogen and oxygen atoms in total. The largest absolute Gasteiger partial charge is 0.465 e. The summed E-state index contributed by atoms with van der Waals surface area (Å²) < 4.78 is 7.00. The molecule has 1 aliphatic heterocycles. The third kappa shape index (κ3) is 3.31. The third-order valence-electron chi connectivity index (χ3n) is 4.37. The minimum absolute atomic E-state index is 0.0590. The fourth-order valence-electron chi connectivity index (χ4n) is 3.45. The van der Waals surface area contributed by atoms with Gasteiger partial charge in [-0.2, -0.15) is 0 Å². The molecule has 1 aliphatic rings. The van der Waals surface area contributed by atoms with Crippen molar-refractivity contribution in [1.29, 1.82) is 0 Å². The molecule has 0 aromatic carbocycles. The number of piperidine rings is 1. The number of aromatic nitrogens is 1. The van der Waals surface area contributed by atoms with Crippen LogP contribution in [0.3, 0.4) is 0 Å². The van der Waals surface area contributed by atoms with Gasteiger partial charge in [0.1, 0.15) is 3.70 Å². The second-order valence-corrected chi connectivity index (χ2v) is 7.97. The van der Waals surface area contributed by atoms with Gasteiger partial charge in [-0.25, -0.2) is 9.78 Å². The van der Waals surface area contributed by atoms with Gasteiger partial charge in [0.2, 0.25) is 0 Å². The maximum absolute atomic E-state index is 11.7. The van der Waals surface area contributed by atoms with Gasteiger partial charge in [0.05, 0.1) is 0 Å². The predicted molar refractivity (Wildman–Crippen MR) is 92.9 cm³/mol. The normalized spacial score (nSPS) is 25.9. The number of carboxylic acid groups (broad SMARTS) is 1. The van der Waals surface area contributed by atoms with Crippen LogP contribution < -0.4 is 4.74 Å². The number of likely N-dealkylation sites (tertiary alicyclic amines) is 1. The number of halogens is 1. The van der Waals surface area contributed by atoms with Gasteiger partial charge in [0, 0.05) is 18.7 Å². The van der Waals surface area contributed by atoms with Crippen LogP contribution in [0.4, 0.5) is 4.79 Å². The van der Waals surface area contributed by atoms with Crippen LogP contribution in [-0.4, -0.2) is 33.4 Å². The second-order valence-electron chi connectivity index (χ2n) is 6.94. The van der Waals surface area contributed by atoms with Crippen molar-refractivity contribution >= 4 is 28.7 Å². The Hall–Kier alpha value is -1.05. The molecule has 6 heteroatoms. The molecule has 2 unspecified atom stereocenters. The van der Waals surface area contributed by atoms with Crippen molar-refractivity contribution in [3.05, 3.63) is 22.0 Å². The summed E-state index contributed by atoms with van der Waals surface area (Å²) in [7, 11) is 0. The quantitative estimate of drug-likeness (QED) is 0.577. The van der Waals surface area contributed by atoms with E-state index in [2.05, 4.69) is 48.3 Å². The van der Waals surface area contributed by atoms with Crippen molar-refractivity contribution in [3.63, 3.8) is 0 Å². The summed E-state index contributed by atoms with van der Waals surface area (Å²) in [4.78, 5) is 17.4. The Labute approximate surface area is 145 Å². The van der Waals surface area contributed by atoms with Gasteiger partial charge in [0.25, 0.3) is 0 Å². The Morgan fingerprint density at radius 2 is 2.23 bits per heavy atom.